The zero-order chi connectivity index (χ0) is 4.12. The van der Waals surface area contributed by atoms with Gasteiger partial charge in [-0.15, -0.1) is 17.0 Å². The average Bonchev–Trinajstić information content (AvgIpc) is 1.41. The van der Waals surface area contributed by atoms with Gasteiger partial charge in [-0.2, -0.15) is 6.42 Å². The van der Waals surface area contributed by atoms with Crippen molar-refractivity contribution in [3.63, 3.8) is 0 Å². The van der Waals surface area contributed by atoms with E-state index in [1.165, 1.54) is 12.8 Å². The fourth-order valence-electron chi connectivity index (χ4n) is 0.250. The van der Waals surface area contributed by atoms with Crippen molar-refractivity contribution in [1.82, 2.24) is 0 Å². The summed E-state index contributed by atoms with van der Waals surface area (Å²) >= 11 is 0. The predicted molar refractivity (Wildman–Crippen MR) is 41.0 cm³/mol. The van der Waals surface area contributed by atoms with Gasteiger partial charge in [0.25, 0.3) is 0 Å². The van der Waals surface area contributed by atoms with Crippen molar-refractivity contribution in [3.8, 4) is 0 Å². The van der Waals surface area contributed by atoms with Crippen LogP contribution in [0.25, 0.3) is 0 Å². The van der Waals surface area contributed by atoms with Gasteiger partial charge in [-0.3, -0.25) is 0 Å². The van der Waals surface area contributed by atoms with Gasteiger partial charge in [-0.25, -0.2) is 0 Å². The molecular weight excluding hydrogens is 244 g/mol. The second-order valence-corrected chi connectivity index (χ2v) is 1.21. The van der Waals surface area contributed by atoms with Gasteiger partial charge >= 0.3 is 23.1 Å². The van der Waals surface area contributed by atoms with Crippen LogP contribution in [0.1, 0.15) is 26.2 Å². The van der Waals surface area contributed by atoms with Crippen molar-refractivity contribution in [2.75, 3.05) is 0 Å². The van der Waals surface area contributed by atoms with Crippen LogP contribution >= 0.6 is 17.0 Å². The van der Waals surface area contributed by atoms with E-state index < -0.39 is 0 Å². The molecule has 0 N–H and O–H groups in total. The van der Waals surface area contributed by atoms with Crippen molar-refractivity contribution >= 4 is 40.0 Å². The van der Waals surface area contributed by atoms with Crippen LogP contribution in [0.5, 0.6) is 0 Å². The molecule has 0 aliphatic carbocycles. The topological polar surface area (TPSA) is 0 Å². The summed E-state index contributed by atoms with van der Waals surface area (Å²) in [6.45, 7) is 5.85. The molecule has 0 aromatic heterocycles. The molecule has 0 heterocycles. The first-order chi connectivity index (χ1) is 2.41. The maximum atomic E-state index is 3.68. The molecule has 0 saturated carbocycles. The Kier molecular flexibility index (Phi) is 65.8. The number of unbranched alkanes of at least 4 members (excludes halogenated alkanes) is 2. The van der Waals surface area contributed by atoms with E-state index in [4.69, 9.17) is 0 Å². The summed E-state index contributed by atoms with van der Waals surface area (Å²) < 4.78 is 0. The Morgan fingerprint density at radius 1 is 1.38 bits per heavy atom. The summed E-state index contributed by atoms with van der Waals surface area (Å²) in [6, 6.07) is 0. The van der Waals surface area contributed by atoms with Crippen molar-refractivity contribution in [1.29, 1.82) is 0 Å². The van der Waals surface area contributed by atoms with Gasteiger partial charge in [0, 0.05) is 0 Å². The van der Waals surface area contributed by atoms with Crippen molar-refractivity contribution < 1.29 is 17.0 Å². The standard InChI is InChI=1S/C5H11.2BrH.Mg/c1-3-5-4-2;;;/h1,3-5H2,2H3;2*1H;/q-1;;;+2/p-1. The van der Waals surface area contributed by atoms with E-state index in [0.29, 0.717) is 0 Å². The van der Waals surface area contributed by atoms with Gasteiger partial charge in [0.1, 0.15) is 0 Å². The molecule has 0 rings (SSSR count). The predicted octanol–water partition coefficient (Wildman–Crippen LogP) is -0.788. The molecule has 0 radical (unpaired) electrons. The third kappa shape index (κ3) is 25.2. The molecule has 0 fully saturated rings. The van der Waals surface area contributed by atoms with E-state index in [1.54, 1.807) is 0 Å². The van der Waals surface area contributed by atoms with Crippen LogP contribution in [0.4, 0.5) is 0 Å². The molecule has 8 heavy (non-hydrogen) atoms. The smallest absolute Gasteiger partial charge is 1.00 e. The van der Waals surface area contributed by atoms with Gasteiger partial charge in [0.05, 0.1) is 0 Å². The Labute approximate surface area is 89.5 Å². The van der Waals surface area contributed by atoms with Crippen LogP contribution in [0.15, 0.2) is 0 Å². The molecule has 0 unspecified atom stereocenters. The van der Waals surface area contributed by atoms with Crippen molar-refractivity contribution in [3.05, 3.63) is 6.92 Å². The molecule has 0 nitrogen and oxygen atoms in total. The molecule has 0 aliphatic heterocycles. The van der Waals surface area contributed by atoms with Crippen molar-refractivity contribution in [2.24, 2.45) is 0 Å². The number of hydrogen-bond donors (Lipinski definition) is 0. The van der Waals surface area contributed by atoms with E-state index in [9.17, 15) is 0 Å². The van der Waals surface area contributed by atoms with Crippen molar-refractivity contribution in [2.45, 2.75) is 26.2 Å². The number of hydrogen-bond acceptors (Lipinski definition) is 0. The molecule has 0 aliphatic rings. The summed E-state index contributed by atoms with van der Waals surface area (Å²) in [5.74, 6) is 0. The molecule has 0 aromatic carbocycles. The first kappa shape index (κ1) is 22.6. The Bertz CT molecular complexity index is 17.9. The van der Waals surface area contributed by atoms with Crippen LogP contribution < -0.4 is 17.0 Å². The van der Waals surface area contributed by atoms with E-state index >= 15 is 0 Å². The fraction of sp³-hybridized carbons (Fsp3) is 0.800. The Hall–Kier alpha value is 1.73. The van der Waals surface area contributed by atoms with Gasteiger partial charge < -0.3 is 23.9 Å². The van der Waals surface area contributed by atoms with E-state index in [-0.39, 0.29) is 57.0 Å². The largest absolute Gasteiger partial charge is 2.00 e. The number of rotatable bonds is 2. The molecule has 0 aromatic rings. The minimum atomic E-state index is 0. The number of halogens is 2. The van der Waals surface area contributed by atoms with Crippen LogP contribution in [0.2, 0.25) is 0 Å². The summed E-state index contributed by atoms with van der Waals surface area (Å²) in [5, 5.41) is 0. The molecule has 0 atom stereocenters. The monoisotopic (exact) mass is 254 g/mol. The zero-order valence-electron chi connectivity index (χ0n) is 5.32. The summed E-state index contributed by atoms with van der Waals surface area (Å²) in [5.41, 5.74) is 0. The normalized spacial score (nSPS) is 5.25. The molecule has 3 heteroatoms. The second kappa shape index (κ2) is 23.3. The zero-order valence-corrected chi connectivity index (χ0v) is 10.0. The third-order valence-electron chi connectivity index (χ3n) is 0.604. The second-order valence-electron chi connectivity index (χ2n) is 1.21. The van der Waals surface area contributed by atoms with Crippen LogP contribution in [-0.4, -0.2) is 23.1 Å². The molecule has 48 valence electrons. The Balaban J connectivity index is -0.0000000267. The quantitative estimate of drug-likeness (QED) is 0.449. The molecule has 0 saturated heterocycles. The Morgan fingerprint density at radius 3 is 1.75 bits per heavy atom. The summed E-state index contributed by atoms with van der Waals surface area (Å²) in [4.78, 5) is 0. The maximum absolute atomic E-state index is 3.68. The fourth-order valence-corrected chi connectivity index (χ4v) is 0.250. The van der Waals surface area contributed by atoms with Gasteiger partial charge in [0.15, 0.2) is 0 Å². The first-order valence-electron chi connectivity index (χ1n) is 2.21. The average molecular weight is 256 g/mol. The minimum Gasteiger partial charge on any atom is -1.00 e. The Morgan fingerprint density at radius 2 is 1.75 bits per heavy atom. The van der Waals surface area contributed by atoms with Gasteiger partial charge in [-0.1, -0.05) is 19.8 Å². The molecule has 0 spiro atoms. The van der Waals surface area contributed by atoms with Gasteiger partial charge in [0.2, 0.25) is 0 Å². The SMILES string of the molecule is Br.[Br-].[CH2-]CCCC.[Mg+2]. The summed E-state index contributed by atoms with van der Waals surface area (Å²) in [6.07, 6.45) is 3.65. The van der Waals surface area contributed by atoms with Gasteiger partial charge in [-0.05, 0) is 0 Å². The first-order valence-corrected chi connectivity index (χ1v) is 2.21. The molecule has 0 amide bonds. The van der Waals surface area contributed by atoms with E-state index in [0.717, 1.165) is 6.42 Å². The van der Waals surface area contributed by atoms with Crippen LogP contribution in [-0.2, 0) is 0 Å². The van der Waals surface area contributed by atoms with Crippen LogP contribution in [0, 0.1) is 6.92 Å². The molecule has 0 bridgehead atoms. The minimum absolute atomic E-state index is 0. The van der Waals surface area contributed by atoms with E-state index in [1.807, 2.05) is 0 Å². The van der Waals surface area contributed by atoms with Crippen LogP contribution in [0.3, 0.4) is 0 Å². The third-order valence-corrected chi connectivity index (χ3v) is 0.604. The van der Waals surface area contributed by atoms with E-state index in [2.05, 4.69) is 13.8 Å². The molecular formula is C5H12Br2Mg. The summed E-state index contributed by atoms with van der Waals surface area (Å²) in [7, 11) is 0. The maximum Gasteiger partial charge on any atom is 2.00 e.